The third-order valence-electron chi connectivity index (χ3n) is 8.67. The fourth-order valence-corrected chi connectivity index (χ4v) is 7.14. The third kappa shape index (κ3) is 6.51. The van der Waals surface area contributed by atoms with Gasteiger partial charge in [-0.05, 0) is 49.0 Å². The fraction of sp³-hybridized carbons (Fsp3) is 0.548. The van der Waals surface area contributed by atoms with E-state index >= 15 is 0 Å². The van der Waals surface area contributed by atoms with Crippen molar-refractivity contribution in [3.63, 3.8) is 0 Å². The number of amides is 1. The van der Waals surface area contributed by atoms with Crippen molar-refractivity contribution in [2.24, 2.45) is 5.92 Å². The van der Waals surface area contributed by atoms with Crippen LogP contribution in [0.4, 0.5) is 8.78 Å². The van der Waals surface area contributed by atoms with Gasteiger partial charge in [-0.15, -0.1) is 0 Å². The van der Waals surface area contributed by atoms with Gasteiger partial charge in [-0.25, -0.2) is 13.8 Å². The zero-order valence-corrected chi connectivity index (χ0v) is 26.5. The quantitative estimate of drug-likeness (QED) is 0.210. The summed E-state index contributed by atoms with van der Waals surface area (Å²) in [5.74, 6) is 0.332. The first-order valence-corrected chi connectivity index (χ1v) is 15.4. The van der Waals surface area contributed by atoms with E-state index in [0.29, 0.717) is 55.4 Å². The Bertz CT molecular complexity index is 1540. The number of benzene rings is 1. The van der Waals surface area contributed by atoms with Gasteiger partial charge in [0.25, 0.3) is 6.43 Å². The van der Waals surface area contributed by atoms with Crippen molar-refractivity contribution in [1.82, 2.24) is 29.5 Å². The molecule has 1 amide bonds. The minimum absolute atomic E-state index is 0.0114. The number of aromatic nitrogens is 4. The molecule has 12 heteroatoms. The molecule has 0 aliphatic carbocycles. The highest BCUT2D eigenvalue weighted by Crippen LogP contribution is 2.36. The zero-order chi connectivity index (χ0) is 31.2. The molecule has 4 heterocycles. The molecular weight excluding hydrogens is 597 g/mol. The molecule has 2 saturated heterocycles. The molecule has 2 aliphatic heterocycles. The molecule has 0 saturated carbocycles. The fourth-order valence-electron chi connectivity index (χ4n) is 6.41. The van der Waals surface area contributed by atoms with E-state index in [0.717, 1.165) is 22.2 Å². The van der Waals surface area contributed by atoms with Gasteiger partial charge in [0, 0.05) is 66.6 Å². The topological polar surface area (TPSA) is 87.1 Å². The van der Waals surface area contributed by atoms with Gasteiger partial charge in [0.15, 0.2) is 10.9 Å². The standard InChI is InChI=1S/C31H38Cl2F2N6O2/c1-6-28(43)40-13-18(14-40)10-25(42)29-30(33)36-27(41(29)19-9-17(2)39(15-19)16-26(34)35)8-7-23-20-11-21(31(3,4)5)22(32)12-24(20)38-37-23/h6,11-12,17-19,26H,1,7-10,13-16H2,2-5H3,(H,37,38)/t17-,19-/m1/s1. The van der Waals surface area contributed by atoms with Gasteiger partial charge in [0.05, 0.1) is 12.1 Å². The molecule has 2 fully saturated rings. The van der Waals surface area contributed by atoms with E-state index in [1.807, 2.05) is 17.6 Å². The maximum atomic E-state index is 13.7. The molecule has 2 atom stereocenters. The number of ketones is 1. The molecule has 1 aromatic carbocycles. The number of nitrogens with zero attached hydrogens (tertiary/aromatic N) is 5. The molecule has 5 rings (SSSR count). The van der Waals surface area contributed by atoms with Gasteiger partial charge in [0.1, 0.15) is 11.5 Å². The number of hydrogen-bond donors (Lipinski definition) is 1. The van der Waals surface area contributed by atoms with Crippen molar-refractivity contribution in [3.8, 4) is 0 Å². The van der Waals surface area contributed by atoms with Crippen molar-refractivity contribution < 1.29 is 18.4 Å². The summed E-state index contributed by atoms with van der Waals surface area (Å²) in [6.45, 7) is 12.8. The summed E-state index contributed by atoms with van der Waals surface area (Å²) in [6, 6.07) is 3.63. The SMILES string of the molecule is C=CC(=O)N1CC(CC(=O)c2c(Cl)nc(CCc3[nH]nc4cc(Cl)c(C(C)(C)C)cc34)n2[C@@H]2C[C@@H](C)N(CC(F)F)C2)C1. The number of Topliss-reactive ketones (excluding diaryl/α,β-unsaturated/α-hetero) is 1. The lowest BCUT2D eigenvalue weighted by Gasteiger charge is -2.38. The Hall–Kier alpha value is -2.82. The lowest BCUT2D eigenvalue weighted by molar-refractivity contribution is -0.132. The van der Waals surface area contributed by atoms with Crippen LogP contribution in [-0.4, -0.2) is 79.9 Å². The number of likely N-dealkylation sites (tertiary alicyclic amines) is 2. The molecule has 0 radical (unpaired) electrons. The second-order valence-corrected chi connectivity index (χ2v) is 13.6. The highest BCUT2D eigenvalue weighted by atomic mass is 35.5. The van der Waals surface area contributed by atoms with Crippen LogP contribution in [-0.2, 0) is 23.1 Å². The highest BCUT2D eigenvalue weighted by Gasteiger charge is 2.38. The van der Waals surface area contributed by atoms with Crippen molar-refractivity contribution >= 4 is 45.8 Å². The number of aryl methyl sites for hydroxylation is 2. The van der Waals surface area contributed by atoms with E-state index in [4.69, 9.17) is 23.2 Å². The molecule has 43 heavy (non-hydrogen) atoms. The summed E-state index contributed by atoms with van der Waals surface area (Å²) in [5, 5.41) is 9.35. The maximum Gasteiger partial charge on any atom is 0.251 e. The maximum absolute atomic E-state index is 13.7. The van der Waals surface area contributed by atoms with E-state index < -0.39 is 6.43 Å². The first-order valence-electron chi connectivity index (χ1n) is 14.7. The normalized spacial score (nSPS) is 19.9. The Kier molecular flexibility index (Phi) is 9.03. The minimum Gasteiger partial charge on any atom is -0.338 e. The lowest BCUT2D eigenvalue weighted by atomic mass is 9.86. The van der Waals surface area contributed by atoms with Gasteiger partial charge >= 0.3 is 0 Å². The van der Waals surface area contributed by atoms with E-state index in [2.05, 4.69) is 48.6 Å². The number of hydrogen-bond acceptors (Lipinski definition) is 5. The van der Waals surface area contributed by atoms with Crippen molar-refractivity contribution in [2.45, 2.75) is 77.3 Å². The molecule has 3 aromatic rings. The van der Waals surface area contributed by atoms with E-state index in [1.165, 1.54) is 6.08 Å². The van der Waals surface area contributed by atoms with Crippen molar-refractivity contribution in [1.29, 1.82) is 0 Å². The summed E-state index contributed by atoms with van der Waals surface area (Å²) in [4.78, 5) is 33.6. The molecule has 0 bridgehead atoms. The van der Waals surface area contributed by atoms with Crippen LogP contribution >= 0.6 is 23.2 Å². The van der Waals surface area contributed by atoms with Crippen LogP contribution in [0.25, 0.3) is 10.9 Å². The van der Waals surface area contributed by atoms with Crippen LogP contribution in [0, 0.1) is 5.92 Å². The Morgan fingerprint density at radius 3 is 2.56 bits per heavy atom. The number of fused-ring (bicyclic) bond motifs is 1. The van der Waals surface area contributed by atoms with Gasteiger partial charge in [-0.3, -0.25) is 19.6 Å². The number of imidazole rings is 1. The largest absolute Gasteiger partial charge is 0.338 e. The van der Waals surface area contributed by atoms with E-state index in [9.17, 15) is 18.4 Å². The number of nitrogens with one attached hydrogen (secondary N) is 1. The monoisotopic (exact) mass is 634 g/mol. The smallest absolute Gasteiger partial charge is 0.251 e. The lowest BCUT2D eigenvalue weighted by Crippen LogP contribution is -2.50. The molecule has 1 N–H and O–H groups in total. The van der Waals surface area contributed by atoms with Crippen LogP contribution < -0.4 is 0 Å². The predicted octanol–water partition coefficient (Wildman–Crippen LogP) is 6.27. The molecule has 8 nitrogen and oxygen atoms in total. The number of rotatable bonds is 10. The first kappa shape index (κ1) is 31.6. The average molecular weight is 636 g/mol. The Balaban J connectivity index is 1.43. The Morgan fingerprint density at radius 2 is 1.91 bits per heavy atom. The summed E-state index contributed by atoms with van der Waals surface area (Å²) in [5.41, 5.74) is 2.86. The van der Waals surface area contributed by atoms with Gasteiger partial charge in [-0.2, -0.15) is 5.10 Å². The van der Waals surface area contributed by atoms with Crippen molar-refractivity contribution in [2.75, 3.05) is 26.2 Å². The number of carbonyl (C=O) groups is 2. The van der Waals surface area contributed by atoms with Gasteiger partial charge in [-0.1, -0.05) is 50.6 Å². The summed E-state index contributed by atoms with van der Waals surface area (Å²) in [7, 11) is 0. The predicted molar refractivity (Wildman–Crippen MR) is 164 cm³/mol. The summed E-state index contributed by atoms with van der Waals surface area (Å²) >= 11 is 13.2. The van der Waals surface area contributed by atoms with Crippen LogP contribution in [0.1, 0.15) is 74.1 Å². The summed E-state index contributed by atoms with van der Waals surface area (Å²) in [6.07, 6.45) is 0.641. The molecule has 0 unspecified atom stereocenters. The van der Waals surface area contributed by atoms with Crippen LogP contribution in [0.3, 0.4) is 0 Å². The highest BCUT2D eigenvalue weighted by molar-refractivity contribution is 6.33. The minimum atomic E-state index is -2.45. The molecule has 2 aliphatic rings. The number of alkyl halides is 2. The van der Waals surface area contributed by atoms with Crippen LogP contribution in [0.15, 0.2) is 24.8 Å². The van der Waals surface area contributed by atoms with Crippen LogP contribution in [0.5, 0.6) is 0 Å². The number of H-pyrrole nitrogens is 1. The molecule has 0 spiro atoms. The van der Waals surface area contributed by atoms with Gasteiger partial charge in [0.2, 0.25) is 5.91 Å². The second kappa shape index (κ2) is 12.3. The third-order valence-corrected chi connectivity index (χ3v) is 9.25. The molecule has 2 aromatic heterocycles. The van der Waals surface area contributed by atoms with E-state index in [-0.39, 0.29) is 53.2 Å². The zero-order valence-electron chi connectivity index (χ0n) is 25.0. The van der Waals surface area contributed by atoms with E-state index in [1.54, 1.807) is 9.80 Å². The Labute approximate surface area is 260 Å². The number of halogens is 4. The second-order valence-electron chi connectivity index (χ2n) is 12.9. The Morgan fingerprint density at radius 1 is 1.19 bits per heavy atom. The molecule has 232 valence electrons. The van der Waals surface area contributed by atoms with Crippen molar-refractivity contribution in [3.05, 3.63) is 57.7 Å². The molecular formula is C31H38Cl2F2N6O2. The first-order chi connectivity index (χ1) is 20.3. The summed E-state index contributed by atoms with van der Waals surface area (Å²) < 4.78 is 28.6. The average Bonchev–Trinajstić information content (AvgIpc) is 3.56. The van der Waals surface area contributed by atoms with Gasteiger partial charge < -0.3 is 9.47 Å². The number of carbonyl (C=O) groups excluding carboxylic acids is 2. The van der Waals surface area contributed by atoms with Crippen LogP contribution in [0.2, 0.25) is 10.2 Å². The number of aromatic amines is 1.